The van der Waals surface area contributed by atoms with Gasteiger partial charge in [-0.25, -0.2) is 0 Å². The molecule has 0 saturated carbocycles. The molecule has 1 aliphatic rings. The predicted molar refractivity (Wildman–Crippen MR) is 119 cm³/mol. The van der Waals surface area contributed by atoms with E-state index in [-0.39, 0.29) is 11.7 Å². The minimum atomic E-state index is -0.167. The molecule has 5 rings (SSSR count). The Morgan fingerprint density at radius 1 is 1.00 bits per heavy atom. The molecule has 2 N–H and O–H groups in total. The van der Waals surface area contributed by atoms with Gasteiger partial charge in [0.05, 0.1) is 5.92 Å². The molecule has 1 fully saturated rings. The Labute approximate surface area is 175 Å². The zero-order chi connectivity index (χ0) is 19.8. The van der Waals surface area contributed by atoms with Crippen LogP contribution in [-0.4, -0.2) is 23.2 Å². The van der Waals surface area contributed by atoms with Crippen molar-refractivity contribution in [1.82, 2.24) is 4.98 Å². The summed E-state index contributed by atoms with van der Waals surface area (Å²) in [6.07, 6.45) is 2.45. The summed E-state index contributed by atoms with van der Waals surface area (Å²) in [4.78, 5) is 5.95. The fourth-order valence-corrected chi connectivity index (χ4v) is 4.52. The lowest BCUT2D eigenvalue weighted by Gasteiger charge is -2.22. The number of benzene rings is 3. The molecule has 1 saturated heterocycles. The molecule has 4 aromatic rings. The summed E-state index contributed by atoms with van der Waals surface area (Å²) in [6, 6.07) is 25.2. The fraction of sp³-hybridized carbons (Fsp3) is 0.200. The molecule has 0 aliphatic carbocycles. The standard InChI is InChI=1S/C25H22ClN2O/c26-19-10-11-24(29)21(16-19)25(23-15-17-6-1-2-9-22(17)27-23)18-7-5-8-20(14-18)28-12-3-4-13-28/h1-2,6-11,14-16,25,27,29H,3-4,12-13H2/t25-/m1/s1. The average molecular weight is 402 g/mol. The first-order valence-corrected chi connectivity index (χ1v) is 10.4. The quantitative estimate of drug-likeness (QED) is 0.433. The van der Waals surface area contributed by atoms with E-state index in [1.807, 2.05) is 24.3 Å². The van der Waals surface area contributed by atoms with E-state index in [0.717, 1.165) is 40.8 Å². The Hall–Kier alpha value is -2.91. The lowest BCUT2D eigenvalue weighted by Crippen LogP contribution is -2.18. The van der Waals surface area contributed by atoms with Crippen molar-refractivity contribution in [1.29, 1.82) is 0 Å². The number of fused-ring (bicyclic) bond motifs is 1. The lowest BCUT2D eigenvalue weighted by atomic mass is 9.87. The van der Waals surface area contributed by atoms with Crippen molar-refractivity contribution in [3.8, 4) is 5.75 Å². The fourth-order valence-electron chi connectivity index (χ4n) is 4.34. The Kier molecular flexibility index (Phi) is 4.69. The number of aromatic hydroxyl groups is 1. The van der Waals surface area contributed by atoms with Gasteiger partial charge in [0.15, 0.2) is 0 Å². The van der Waals surface area contributed by atoms with Gasteiger partial charge in [0.2, 0.25) is 0 Å². The number of H-pyrrole nitrogens is 1. The van der Waals surface area contributed by atoms with E-state index < -0.39 is 0 Å². The smallest absolute Gasteiger partial charge is 0.119 e. The van der Waals surface area contributed by atoms with Crippen molar-refractivity contribution in [2.75, 3.05) is 18.0 Å². The van der Waals surface area contributed by atoms with Crippen LogP contribution >= 0.6 is 11.6 Å². The molecule has 2 heterocycles. The van der Waals surface area contributed by atoms with E-state index in [1.54, 1.807) is 12.1 Å². The van der Waals surface area contributed by atoms with Crippen molar-refractivity contribution >= 4 is 28.2 Å². The molecule has 1 radical (unpaired) electrons. The minimum absolute atomic E-state index is 0.167. The monoisotopic (exact) mass is 401 g/mol. The number of aromatic nitrogens is 1. The molecule has 1 atom stereocenters. The van der Waals surface area contributed by atoms with Crippen molar-refractivity contribution < 1.29 is 5.11 Å². The molecular weight excluding hydrogens is 380 g/mol. The molecule has 3 nitrogen and oxygen atoms in total. The number of phenols is 1. The highest BCUT2D eigenvalue weighted by molar-refractivity contribution is 6.30. The zero-order valence-corrected chi connectivity index (χ0v) is 16.8. The number of nitrogens with zero attached hydrogens (tertiary/aromatic N) is 1. The number of rotatable bonds is 4. The second-order valence-corrected chi connectivity index (χ2v) is 8.10. The Morgan fingerprint density at radius 2 is 1.83 bits per heavy atom. The summed E-state index contributed by atoms with van der Waals surface area (Å²) in [5.41, 5.74) is 5.15. The second kappa shape index (κ2) is 7.49. The molecule has 0 unspecified atom stereocenters. The second-order valence-electron chi connectivity index (χ2n) is 7.67. The highest BCUT2D eigenvalue weighted by Gasteiger charge is 2.23. The van der Waals surface area contributed by atoms with E-state index in [1.165, 1.54) is 18.5 Å². The molecule has 0 spiro atoms. The largest absolute Gasteiger partial charge is 0.508 e. The van der Waals surface area contributed by atoms with Gasteiger partial charge in [-0.15, -0.1) is 0 Å². The van der Waals surface area contributed by atoms with Crippen LogP contribution in [-0.2, 0) is 0 Å². The molecule has 29 heavy (non-hydrogen) atoms. The maximum absolute atomic E-state index is 10.7. The third-order valence-corrected chi connectivity index (χ3v) is 6.00. The summed E-state index contributed by atoms with van der Waals surface area (Å²) in [7, 11) is 0. The zero-order valence-electron chi connectivity index (χ0n) is 16.0. The van der Waals surface area contributed by atoms with Crippen LogP contribution in [0.1, 0.15) is 35.6 Å². The van der Waals surface area contributed by atoms with Gasteiger partial charge in [-0.2, -0.15) is 0 Å². The minimum Gasteiger partial charge on any atom is -0.508 e. The highest BCUT2D eigenvalue weighted by Crippen LogP contribution is 2.40. The Balaban J connectivity index is 1.68. The molecule has 1 aliphatic heterocycles. The van der Waals surface area contributed by atoms with Gasteiger partial charge in [0.25, 0.3) is 0 Å². The van der Waals surface area contributed by atoms with Crippen LogP contribution in [0.15, 0.2) is 66.7 Å². The van der Waals surface area contributed by atoms with Crippen LogP contribution < -0.4 is 4.90 Å². The van der Waals surface area contributed by atoms with Crippen LogP contribution in [0, 0.1) is 6.07 Å². The van der Waals surface area contributed by atoms with Crippen molar-refractivity contribution in [3.63, 3.8) is 0 Å². The highest BCUT2D eigenvalue weighted by atomic mass is 35.5. The van der Waals surface area contributed by atoms with E-state index >= 15 is 0 Å². The van der Waals surface area contributed by atoms with Crippen molar-refractivity contribution in [3.05, 3.63) is 94.6 Å². The van der Waals surface area contributed by atoms with Crippen LogP contribution in [0.25, 0.3) is 10.9 Å². The molecule has 4 heteroatoms. The van der Waals surface area contributed by atoms with Gasteiger partial charge in [0, 0.05) is 40.6 Å². The van der Waals surface area contributed by atoms with E-state index in [0.29, 0.717) is 5.02 Å². The van der Waals surface area contributed by atoms with E-state index in [9.17, 15) is 5.11 Å². The first kappa shape index (κ1) is 18.1. The van der Waals surface area contributed by atoms with Gasteiger partial charge in [-0.05, 0) is 78.4 Å². The topological polar surface area (TPSA) is 39.3 Å². The van der Waals surface area contributed by atoms with Crippen molar-refractivity contribution in [2.45, 2.75) is 18.8 Å². The van der Waals surface area contributed by atoms with Gasteiger partial charge in [-0.1, -0.05) is 29.8 Å². The third kappa shape index (κ3) is 3.47. The van der Waals surface area contributed by atoms with E-state index in [4.69, 9.17) is 11.6 Å². The number of para-hydroxylation sites is 1. The van der Waals surface area contributed by atoms with Crippen LogP contribution in [0.2, 0.25) is 5.02 Å². The van der Waals surface area contributed by atoms with Gasteiger partial charge >= 0.3 is 0 Å². The summed E-state index contributed by atoms with van der Waals surface area (Å²) >= 11 is 6.31. The lowest BCUT2D eigenvalue weighted by molar-refractivity contribution is 0.467. The number of aromatic amines is 1. The molecule has 0 amide bonds. The van der Waals surface area contributed by atoms with Gasteiger partial charge < -0.3 is 15.0 Å². The summed E-state index contributed by atoms with van der Waals surface area (Å²) in [5, 5.41) is 12.4. The SMILES string of the molecule is Oc1ccc(Cl)cc1[C@@H](c1c[c]cc(N2CCCC2)c1)c1cc2ccccc2[nH]1. The number of hydrogen-bond acceptors (Lipinski definition) is 2. The number of phenolic OH excluding ortho intramolecular Hbond substituents is 1. The molecule has 3 aromatic carbocycles. The molecule has 145 valence electrons. The third-order valence-electron chi connectivity index (χ3n) is 5.76. The molecule has 0 bridgehead atoms. The van der Waals surface area contributed by atoms with Crippen molar-refractivity contribution in [2.24, 2.45) is 0 Å². The first-order chi connectivity index (χ1) is 14.2. The summed E-state index contributed by atoms with van der Waals surface area (Å²) < 4.78 is 0. The van der Waals surface area contributed by atoms with Gasteiger partial charge in [-0.3, -0.25) is 0 Å². The Morgan fingerprint density at radius 3 is 2.66 bits per heavy atom. The van der Waals surface area contributed by atoms with Crippen LogP contribution in [0.3, 0.4) is 0 Å². The molecular formula is C25H22ClN2O. The van der Waals surface area contributed by atoms with Crippen LogP contribution in [0.5, 0.6) is 5.75 Å². The van der Waals surface area contributed by atoms with Crippen LogP contribution in [0.4, 0.5) is 5.69 Å². The summed E-state index contributed by atoms with van der Waals surface area (Å²) in [6.45, 7) is 2.16. The maximum atomic E-state index is 10.7. The van der Waals surface area contributed by atoms with Gasteiger partial charge in [0.1, 0.15) is 5.75 Å². The Bertz CT molecular complexity index is 1130. The maximum Gasteiger partial charge on any atom is 0.119 e. The number of halogens is 1. The first-order valence-electron chi connectivity index (χ1n) is 10.0. The normalized spacial score (nSPS) is 15.1. The summed E-state index contributed by atoms with van der Waals surface area (Å²) in [5.74, 6) is 0.0736. The predicted octanol–water partition coefficient (Wildman–Crippen LogP) is 6.11. The average Bonchev–Trinajstić information content (AvgIpc) is 3.41. The number of nitrogens with one attached hydrogen (secondary N) is 1. The number of hydrogen-bond donors (Lipinski definition) is 2. The molecule has 1 aromatic heterocycles. The number of anilines is 1. The van der Waals surface area contributed by atoms with E-state index in [2.05, 4.69) is 46.3 Å².